The van der Waals surface area contributed by atoms with E-state index in [-0.39, 0.29) is 12.4 Å². The molecule has 0 aliphatic carbocycles. The van der Waals surface area contributed by atoms with Crippen LogP contribution in [0.25, 0.3) is 10.9 Å². The zero-order chi connectivity index (χ0) is 18.9. The molecule has 0 spiro atoms. The molecule has 3 aromatic rings. The summed E-state index contributed by atoms with van der Waals surface area (Å²) in [5.74, 6) is 0.292. The Morgan fingerprint density at radius 1 is 1.15 bits per heavy atom. The standard InChI is InChI=1S/C23H25NO3/c1-3-16-9-8-12-18-19-13-14-26-23(4-2,22(19)24-21(16)18)15-20(25)27-17-10-6-5-7-11-17/h5-12,24H,3-4,13-15H2,1-2H3. The summed E-state index contributed by atoms with van der Waals surface area (Å²) in [7, 11) is 0. The fraction of sp³-hybridized carbons (Fsp3) is 0.348. The quantitative estimate of drug-likeness (QED) is 0.518. The first-order chi connectivity index (χ1) is 13.2. The number of hydrogen-bond donors (Lipinski definition) is 1. The zero-order valence-electron chi connectivity index (χ0n) is 15.9. The van der Waals surface area contributed by atoms with Crippen molar-refractivity contribution < 1.29 is 14.3 Å². The number of para-hydroxylation sites is 2. The monoisotopic (exact) mass is 363 g/mol. The zero-order valence-corrected chi connectivity index (χ0v) is 15.9. The molecule has 2 heterocycles. The van der Waals surface area contributed by atoms with Gasteiger partial charge in [0.1, 0.15) is 11.4 Å². The van der Waals surface area contributed by atoms with Gasteiger partial charge in [-0.05, 0) is 42.5 Å². The maximum absolute atomic E-state index is 12.7. The maximum atomic E-state index is 12.7. The summed E-state index contributed by atoms with van der Waals surface area (Å²) in [6.07, 6.45) is 2.72. The molecule has 0 fully saturated rings. The molecule has 1 N–H and O–H groups in total. The lowest BCUT2D eigenvalue weighted by Crippen LogP contribution is -2.38. The molecule has 1 unspecified atom stereocenters. The highest BCUT2D eigenvalue weighted by Gasteiger charge is 2.41. The van der Waals surface area contributed by atoms with Crippen LogP contribution in [0.15, 0.2) is 48.5 Å². The summed E-state index contributed by atoms with van der Waals surface area (Å²) in [4.78, 5) is 16.3. The number of aromatic amines is 1. The van der Waals surface area contributed by atoms with Crippen molar-refractivity contribution in [3.8, 4) is 5.75 Å². The van der Waals surface area contributed by atoms with Gasteiger partial charge in [0.2, 0.25) is 0 Å². The number of carbonyl (C=O) groups excluding carboxylic acids is 1. The van der Waals surface area contributed by atoms with Crippen molar-refractivity contribution in [2.24, 2.45) is 0 Å². The number of nitrogens with one attached hydrogen (secondary N) is 1. The Hall–Kier alpha value is -2.59. The fourth-order valence-electron chi connectivity index (χ4n) is 4.13. The Morgan fingerprint density at radius 3 is 2.70 bits per heavy atom. The first-order valence-electron chi connectivity index (χ1n) is 9.69. The molecule has 2 aromatic carbocycles. The van der Waals surface area contributed by atoms with Crippen LogP contribution in [0.2, 0.25) is 0 Å². The third-order valence-electron chi connectivity index (χ3n) is 5.57. The first-order valence-corrected chi connectivity index (χ1v) is 9.69. The third kappa shape index (κ3) is 3.15. The van der Waals surface area contributed by atoms with Crippen LogP contribution in [0.3, 0.4) is 0 Å². The second kappa shape index (κ2) is 7.20. The van der Waals surface area contributed by atoms with Crippen LogP contribution in [0.1, 0.15) is 43.5 Å². The van der Waals surface area contributed by atoms with Crippen LogP contribution in [-0.2, 0) is 28.0 Å². The van der Waals surface area contributed by atoms with Gasteiger partial charge in [-0.2, -0.15) is 0 Å². The van der Waals surface area contributed by atoms with Gasteiger partial charge in [0.05, 0.1) is 18.7 Å². The molecule has 0 saturated heterocycles. The lowest BCUT2D eigenvalue weighted by molar-refractivity contribution is -0.146. The minimum Gasteiger partial charge on any atom is -0.426 e. The van der Waals surface area contributed by atoms with Gasteiger partial charge in [0.15, 0.2) is 0 Å². The molecular formula is C23H25NO3. The average molecular weight is 363 g/mol. The Labute approximate surface area is 159 Å². The van der Waals surface area contributed by atoms with Gasteiger partial charge in [-0.25, -0.2) is 0 Å². The van der Waals surface area contributed by atoms with E-state index in [4.69, 9.17) is 9.47 Å². The van der Waals surface area contributed by atoms with E-state index in [0.29, 0.717) is 18.8 Å². The fourth-order valence-corrected chi connectivity index (χ4v) is 4.13. The van der Waals surface area contributed by atoms with Crippen molar-refractivity contribution in [2.45, 2.75) is 45.1 Å². The van der Waals surface area contributed by atoms with Crippen molar-refractivity contribution in [1.29, 1.82) is 0 Å². The minimum absolute atomic E-state index is 0.194. The SMILES string of the molecule is CCc1cccc2c3c([nH]c12)C(CC)(CC(=O)Oc1ccccc1)OCC3. The van der Waals surface area contributed by atoms with Gasteiger partial charge in [-0.15, -0.1) is 0 Å². The Kier molecular flexibility index (Phi) is 4.75. The van der Waals surface area contributed by atoms with E-state index in [1.165, 1.54) is 22.0 Å². The number of rotatable bonds is 5. The molecule has 1 aliphatic rings. The van der Waals surface area contributed by atoms with Crippen LogP contribution in [-0.4, -0.2) is 17.6 Å². The molecule has 0 amide bonds. The van der Waals surface area contributed by atoms with Crippen LogP contribution in [0.4, 0.5) is 0 Å². The number of benzene rings is 2. The second-order valence-electron chi connectivity index (χ2n) is 7.08. The maximum Gasteiger partial charge on any atom is 0.314 e. The number of ether oxygens (including phenoxy) is 2. The summed E-state index contributed by atoms with van der Waals surface area (Å²) in [6.45, 7) is 4.84. The number of esters is 1. The molecule has 140 valence electrons. The van der Waals surface area contributed by atoms with Gasteiger partial charge < -0.3 is 14.5 Å². The normalized spacial score (nSPS) is 19.0. The molecule has 0 radical (unpaired) electrons. The highest BCUT2D eigenvalue weighted by Crippen LogP contribution is 2.42. The Bertz CT molecular complexity index is 960. The van der Waals surface area contributed by atoms with E-state index in [9.17, 15) is 4.79 Å². The van der Waals surface area contributed by atoms with Crippen LogP contribution >= 0.6 is 0 Å². The first kappa shape index (κ1) is 17.8. The van der Waals surface area contributed by atoms with Crippen LogP contribution in [0.5, 0.6) is 5.75 Å². The summed E-state index contributed by atoms with van der Waals surface area (Å²) in [5, 5.41) is 1.25. The van der Waals surface area contributed by atoms with E-state index in [1.807, 2.05) is 18.2 Å². The molecule has 4 rings (SSSR count). The molecule has 0 saturated carbocycles. The number of carbonyl (C=O) groups is 1. The van der Waals surface area contributed by atoms with Crippen molar-refractivity contribution in [2.75, 3.05) is 6.61 Å². The van der Waals surface area contributed by atoms with Crippen LogP contribution < -0.4 is 4.74 Å². The summed E-state index contributed by atoms with van der Waals surface area (Å²) >= 11 is 0. The number of aryl methyl sites for hydroxylation is 1. The van der Waals surface area contributed by atoms with E-state index >= 15 is 0 Å². The third-order valence-corrected chi connectivity index (χ3v) is 5.57. The van der Waals surface area contributed by atoms with Gasteiger partial charge in [0.25, 0.3) is 0 Å². The van der Waals surface area contributed by atoms with E-state index < -0.39 is 5.60 Å². The summed E-state index contributed by atoms with van der Waals surface area (Å²) < 4.78 is 11.8. The van der Waals surface area contributed by atoms with Crippen molar-refractivity contribution >= 4 is 16.9 Å². The van der Waals surface area contributed by atoms with E-state index in [1.54, 1.807) is 12.1 Å². The van der Waals surface area contributed by atoms with Crippen molar-refractivity contribution in [1.82, 2.24) is 4.98 Å². The Morgan fingerprint density at radius 2 is 1.96 bits per heavy atom. The minimum atomic E-state index is -0.663. The molecule has 27 heavy (non-hydrogen) atoms. The molecule has 0 bridgehead atoms. The average Bonchev–Trinajstić information content (AvgIpc) is 3.09. The molecule has 4 nitrogen and oxygen atoms in total. The Balaban J connectivity index is 1.71. The van der Waals surface area contributed by atoms with Crippen LogP contribution in [0, 0.1) is 0 Å². The number of fused-ring (bicyclic) bond motifs is 3. The number of aromatic nitrogens is 1. The van der Waals surface area contributed by atoms with Crippen molar-refractivity contribution in [3.05, 3.63) is 65.4 Å². The summed E-state index contributed by atoms with van der Waals surface area (Å²) in [5.41, 5.74) is 4.12. The predicted octanol–water partition coefficient (Wildman–Crippen LogP) is 4.90. The molecule has 1 aliphatic heterocycles. The second-order valence-corrected chi connectivity index (χ2v) is 7.08. The van der Waals surface area contributed by atoms with Gasteiger partial charge in [-0.3, -0.25) is 4.79 Å². The highest BCUT2D eigenvalue weighted by molar-refractivity contribution is 5.88. The van der Waals surface area contributed by atoms with Gasteiger partial charge in [0, 0.05) is 10.9 Å². The lowest BCUT2D eigenvalue weighted by atomic mass is 9.86. The van der Waals surface area contributed by atoms with E-state index in [0.717, 1.165) is 18.5 Å². The van der Waals surface area contributed by atoms with Gasteiger partial charge in [-0.1, -0.05) is 50.2 Å². The number of hydrogen-bond acceptors (Lipinski definition) is 3. The predicted molar refractivity (Wildman–Crippen MR) is 106 cm³/mol. The smallest absolute Gasteiger partial charge is 0.314 e. The molecule has 1 aromatic heterocycles. The topological polar surface area (TPSA) is 51.3 Å². The van der Waals surface area contributed by atoms with Gasteiger partial charge >= 0.3 is 5.97 Å². The number of H-pyrrole nitrogens is 1. The lowest BCUT2D eigenvalue weighted by Gasteiger charge is -2.36. The highest BCUT2D eigenvalue weighted by atomic mass is 16.5. The molecule has 1 atom stereocenters. The van der Waals surface area contributed by atoms with E-state index in [2.05, 4.69) is 37.0 Å². The largest absolute Gasteiger partial charge is 0.426 e. The molecule has 4 heteroatoms. The summed E-state index contributed by atoms with van der Waals surface area (Å²) in [6, 6.07) is 15.6. The molecular weight excluding hydrogens is 338 g/mol. The van der Waals surface area contributed by atoms with Crippen molar-refractivity contribution in [3.63, 3.8) is 0 Å².